The number of carbonyl (C=O) groups excluding carboxylic acids is 1. The number of ether oxygens (including phenoxy) is 2. The smallest absolute Gasteiger partial charge is 0.272 e. The Morgan fingerprint density at radius 3 is 2.55 bits per heavy atom. The first-order chi connectivity index (χ1) is 14.2. The van der Waals surface area contributed by atoms with Crippen LogP contribution < -0.4 is 14.4 Å². The van der Waals surface area contributed by atoms with Crippen molar-refractivity contribution in [2.24, 2.45) is 0 Å². The summed E-state index contributed by atoms with van der Waals surface area (Å²) in [5, 5.41) is 4.53. The predicted octanol–water partition coefficient (Wildman–Crippen LogP) is 2.87. The van der Waals surface area contributed by atoms with E-state index < -0.39 is 0 Å². The fourth-order valence-electron chi connectivity index (χ4n) is 3.89. The molecule has 0 aliphatic carbocycles. The quantitative estimate of drug-likeness (QED) is 0.688. The molecule has 0 saturated carbocycles. The van der Waals surface area contributed by atoms with Crippen molar-refractivity contribution in [1.82, 2.24) is 14.7 Å². The number of fused-ring (bicyclic) bond motifs is 1. The van der Waals surface area contributed by atoms with Crippen LogP contribution in [-0.2, 0) is 0 Å². The van der Waals surface area contributed by atoms with Gasteiger partial charge in [-0.05, 0) is 37.3 Å². The van der Waals surface area contributed by atoms with Gasteiger partial charge in [0, 0.05) is 26.2 Å². The summed E-state index contributed by atoms with van der Waals surface area (Å²) >= 11 is 0. The number of anilines is 1. The van der Waals surface area contributed by atoms with Crippen LogP contribution in [0.15, 0.2) is 54.6 Å². The second kappa shape index (κ2) is 7.16. The lowest BCUT2D eigenvalue weighted by Crippen LogP contribution is -2.49. The molecule has 2 aromatic carbocycles. The molecular weight excluding hydrogens is 368 g/mol. The molecule has 0 radical (unpaired) electrons. The van der Waals surface area contributed by atoms with E-state index in [1.54, 1.807) is 4.68 Å². The lowest BCUT2D eigenvalue weighted by molar-refractivity contribution is 0.0737. The highest BCUT2D eigenvalue weighted by atomic mass is 16.7. The molecule has 0 unspecified atom stereocenters. The molecule has 1 aromatic heterocycles. The number of hydrogen-bond acceptors (Lipinski definition) is 5. The Hall–Kier alpha value is -3.48. The Kier molecular flexibility index (Phi) is 4.35. The lowest BCUT2D eigenvalue weighted by Gasteiger charge is -2.36. The highest BCUT2D eigenvalue weighted by molar-refractivity contribution is 5.93. The number of piperazine rings is 1. The van der Waals surface area contributed by atoms with Gasteiger partial charge in [-0.1, -0.05) is 24.3 Å². The van der Waals surface area contributed by atoms with Crippen LogP contribution >= 0.6 is 0 Å². The van der Waals surface area contributed by atoms with Crippen molar-refractivity contribution in [3.63, 3.8) is 0 Å². The molecular formula is C22H22N4O3. The first-order valence-electron chi connectivity index (χ1n) is 9.75. The topological polar surface area (TPSA) is 59.8 Å². The third-order valence-electron chi connectivity index (χ3n) is 5.33. The molecule has 0 spiro atoms. The van der Waals surface area contributed by atoms with Gasteiger partial charge in [0.1, 0.15) is 5.69 Å². The Labute approximate surface area is 169 Å². The maximum Gasteiger partial charge on any atom is 0.272 e. The van der Waals surface area contributed by atoms with Gasteiger partial charge in [-0.2, -0.15) is 5.10 Å². The van der Waals surface area contributed by atoms with Crippen LogP contribution in [0.5, 0.6) is 11.5 Å². The second-order valence-corrected chi connectivity index (χ2v) is 7.21. The molecule has 7 heteroatoms. The molecule has 5 rings (SSSR count). The van der Waals surface area contributed by atoms with Crippen LogP contribution in [0.25, 0.3) is 5.69 Å². The molecule has 3 heterocycles. The summed E-state index contributed by atoms with van der Waals surface area (Å²) in [4.78, 5) is 17.4. The summed E-state index contributed by atoms with van der Waals surface area (Å²) in [6, 6.07) is 17.6. The molecule has 2 aliphatic rings. The van der Waals surface area contributed by atoms with Gasteiger partial charge in [0.2, 0.25) is 6.79 Å². The third kappa shape index (κ3) is 3.18. The van der Waals surface area contributed by atoms with Crippen LogP contribution in [0.2, 0.25) is 0 Å². The van der Waals surface area contributed by atoms with Gasteiger partial charge in [0.15, 0.2) is 11.5 Å². The number of amides is 1. The molecule has 148 valence electrons. The van der Waals surface area contributed by atoms with E-state index in [0.29, 0.717) is 18.8 Å². The first kappa shape index (κ1) is 17.6. The molecule has 0 atom stereocenters. The fourth-order valence-corrected chi connectivity index (χ4v) is 3.89. The van der Waals surface area contributed by atoms with E-state index in [1.807, 2.05) is 66.4 Å². The minimum Gasteiger partial charge on any atom is -0.454 e. The minimum absolute atomic E-state index is 0.00646. The highest BCUT2D eigenvalue weighted by Crippen LogP contribution is 2.41. The molecule has 1 fully saturated rings. The Bertz CT molecular complexity index is 1040. The monoisotopic (exact) mass is 390 g/mol. The van der Waals surface area contributed by atoms with Gasteiger partial charge in [-0.25, -0.2) is 4.68 Å². The largest absolute Gasteiger partial charge is 0.454 e. The summed E-state index contributed by atoms with van der Waals surface area (Å²) in [5.74, 6) is 1.58. The number of rotatable bonds is 3. The average Bonchev–Trinajstić information content (AvgIpc) is 3.40. The van der Waals surface area contributed by atoms with Gasteiger partial charge in [-0.3, -0.25) is 4.79 Å². The SMILES string of the molecule is Cc1cc(C(=O)N2CCN(c3cccc4c3OCO4)CC2)n(-c2ccccc2)n1. The zero-order valence-corrected chi connectivity index (χ0v) is 16.2. The van der Waals surface area contributed by atoms with E-state index in [4.69, 9.17) is 9.47 Å². The van der Waals surface area contributed by atoms with Gasteiger partial charge in [-0.15, -0.1) is 0 Å². The zero-order valence-electron chi connectivity index (χ0n) is 16.2. The van der Waals surface area contributed by atoms with Gasteiger partial charge >= 0.3 is 0 Å². The summed E-state index contributed by atoms with van der Waals surface area (Å²) < 4.78 is 12.9. The van der Waals surface area contributed by atoms with Crippen molar-refractivity contribution < 1.29 is 14.3 Å². The number of para-hydroxylation sites is 2. The number of nitrogens with zero attached hydrogens (tertiary/aromatic N) is 4. The van der Waals surface area contributed by atoms with Gasteiger partial charge in [0.25, 0.3) is 5.91 Å². The molecule has 29 heavy (non-hydrogen) atoms. The molecule has 2 aliphatic heterocycles. The normalized spacial score (nSPS) is 15.6. The summed E-state index contributed by atoms with van der Waals surface area (Å²) in [6.45, 7) is 4.93. The van der Waals surface area contributed by atoms with Crippen LogP contribution in [0.1, 0.15) is 16.2 Å². The van der Waals surface area contributed by atoms with Crippen molar-refractivity contribution in [1.29, 1.82) is 0 Å². The highest BCUT2D eigenvalue weighted by Gasteiger charge is 2.28. The van der Waals surface area contributed by atoms with Crippen molar-refractivity contribution in [2.75, 3.05) is 37.9 Å². The van der Waals surface area contributed by atoms with Crippen molar-refractivity contribution in [3.8, 4) is 17.2 Å². The van der Waals surface area contributed by atoms with Crippen molar-refractivity contribution in [3.05, 3.63) is 66.0 Å². The number of benzene rings is 2. The van der Waals surface area contributed by atoms with E-state index in [9.17, 15) is 4.79 Å². The van der Waals surface area contributed by atoms with Crippen LogP contribution in [0.3, 0.4) is 0 Å². The number of aromatic nitrogens is 2. The maximum absolute atomic E-state index is 13.2. The van der Waals surface area contributed by atoms with E-state index in [2.05, 4.69) is 10.00 Å². The van der Waals surface area contributed by atoms with Crippen molar-refractivity contribution in [2.45, 2.75) is 6.92 Å². The second-order valence-electron chi connectivity index (χ2n) is 7.21. The fraction of sp³-hybridized carbons (Fsp3) is 0.273. The summed E-state index contributed by atoms with van der Waals surface area (Å²) in [5.41, 5.74) is 3.34. The first-order valence-corrected chi connectivity index (χ1v) is 9.75. The summed E-state index contributed by atoms with van der Waals surface area (Å²) in [6.07, 6.45) is 0. The zero-order chi connectivity index (χ0) is 19.8. The molecule has 0 N–H and O–H groups in total. The average molecular weight is 390 g/mol. The van der Waals surface area contributed by atoms with Crippen LogP contribution in [0.4, 0.5) is 5.69 Å². The van der Waals surface area contributed by atoms with Crippen LogP contribution in [-0.4, -0.2) is 53.6 Å². The van der Waals surface area contributed by atoms with Gasteiger partial charge < -0.3 is 19.3 Å². The van der Waals surface area contributed by atoms with E-state index in [1.165, 1.54) is 0 Å². The lowest BCUT2D eigenvalue weighted by atomic mass is 10.2. The summed E-state index contributed by atoms with van der Waals surface area (Å²) in [7, 11) is 0. The maximum atomic E-state index is 13.2. The third-order valence-corrected chi connectivity index (χ3v) is 5.33. The minimum atomic E-state index is 0.00646. The predicted molar refractivity (Wildman–Crippen MR) is 109 cm³/mol. The number of hydrogen-bond donors (Lipinski definition) is 0. The van der Waals surface area contributed by atoms with Crippen molar-refractivity contribution >= 4 is 11.6 Å². The number of aryl methyl sites for hydroxylation is 1. The molecule has 0 bridgehead atoms. The number of carbonyl (C=O) groups is 1. The standard InChI is InChI=1S/C22H22N4O3/c1-16-14-19(26(23-16)17-6-3-2-4-7-17)22(27)25-12-10-24(11-13-25)18-8-5-9-20-21(18)29-15-28-20/h2-9,14H,10-13,15H2,1H3. The van der Waals surface area contributed by atoms with E-state index in [-0.39, 0.29) is 12.7 Å². The Morgan fingerprint density at radius 1 is 0.966 bits per heavy atom. The van der Waals surface area contributed by atoms with Crippen LogP contribution in [0, 0.1) is 6.92 Å². The van der Waals surface area contributed by atoms with E-state index in [0.717, 1.165) is 41.7 Å². The molecule has 7 nitrogen and oxygen atoms in total. The van der Waals surface area contributed by atoms with E-state index >= 15 is 0 Å². The Balaban J connectivity index is 1.33. The molecule has 1 saturated heterocycles. The molecule has 3 aromatic rings. The van der Waals surface area contributed by atoms with Gasteiger partial charge in [0.05, 0.1) is 17.1 Å². The molecule has 1 amide bonds. The Morgan fingerprint density at radius 2 is 1.76 bits per heavy atom.